The van der Waals surface area contributed by atoms with Gasteiger partial charge in [-0.2, -0.15) is 0 Å². The van der Waals surface area contributed by atoms with Crippen molar-refractivity contribution < 1.29 is 14.3 Å². The first-order valence-corrected chi connectivity index (χ1v) is 16.0. The third kappa shape index (κ3) is 10.2. The first-order chi connectivity index (χ1) is 20.7. The predicted octanol–water partition coefficient (Wildman–Crippen LogP) is 5.98. The molecule has 3 aromatic rings. The summed E-state index contributed by atoms with van der Waals surface area (Å²) in [4.78, 5) is 32.3. The van der Waals surface area contributed by atoms with Crippen LogP contribution in [0.2, 0.25) is 0 Å². The lowest BCUT2D eigenvalue weighted by molar-refractivity contribution is 0.0538. The van der Waals surface area contributed by atoms with E-state index in [4.69, 9.17) is 9.72 Å². The summed E-state index contributed by atoms with van der Waals surface area (Å²) in [6, 6.07) is 7.92. The summed E-state index contributed by atoms with van der Waals surface area (Å²) in [5, 5.41) is 11.5. The number of benzene rings is 1. The molecule has 0 unspecified atom stereocenters. The van der Waals surface area contributed by atoms with E-state index in [2.05, 4.69) is 39.6 Å². The van der Waals surface area contributed by atoms with E-state index in [-0.39, 0.29) is 12.0 Å². The van der Waals surface area contributed by atoms with Crippen molar-refractivity contribution in [3.8, 4) is 0 Å². The molecule has 0 spiro atoms. The summed E-state index contributed by atoms with van der Waals surface area (Å²) in [5.41, 5.74) is 3.28. The van der Waals surface area contributed by atoms with Gasteiger partial charge in [0.15, 0.2) is 0 Å². The van der Waals surface area contributed by atoms with Gasteiger partial charge in [0, 0.05) is 37.6 Å². The highest BCUT2D eigenvalue weighted by atomic mass is 16.6. The number of imidazole rings is 1. The molecule has 10 heteroatoms. The van der Waals surface area contributed by atoms with Crippen LogP contribution in [-0.2, 0) is 30.5 Å². The topological polar surface area (TPSA) is 107 Å². The minimum Gasteiger partial charge on any atom is -0.443 e. The van der Waals surface area contributed by atoms with Crippen LogP contribution in [0.5, 0.6) is 0 Å². The second-order valence-corrected chi connectivity index (χ2v) is 12.5. The number of hydrogen-bond donors (Lipinski definition) is 1. The van der Waals surface area contributed by atoms with Gasteiger partial charge in [-0.05, 0) is 89.8 Å². The van der Waals surface area contributed by atoms with Crippen LogP contribution in [0.25, 0.3) is 0 Å². The zero-order valence-corrected chi connectivity index (χ0v) is 26.5. The SMILES string of the molecule is CCCCCc1ccc(C(=O)NCCn2cc(CCCCCc3cn(C(=O)OC(C)(C)C)c(N4CCCC4)n3)nn2)cc1. The number of amides is 1. The number of unbranched alkanes of at least 4 members (excludes halogenated alkanes) is 4. The van der Waals surface area contributed by atoms with Crippen molar-refractivity contribution in [1.29, 1.82) is 0 Å². The lowest BCUT2D eigenvalue weighted by Crippen LogP contribution is -2.30. The number of aromatic nitrogens is 5. The van der Waals surface area contributed by atoms with Crippen LogP contribution in [0.15, 0.2) is 36.7 Å². The minimum absolute atomic E-state index is 0.0658. The molecule has 0 radical (unpaired) electrons. The van der Waals surface area contributed by atoms with Gasteiger partial charge in [-0.15, -0.1) is 5.10 Å². The Hall–Kier alpha value is -3.69. The molecule has 0 bridgehead atoms. The van der Waals surface area contributed by atoms with Crippen LogP contribution < -0.4 is 10.2 Å². The Morgan fingerprint density at radius 2 is 1.60 bits per heavy atom. The Balaban J connectivity index is 1.16. The summed E-state index contributed by atoms with van der Waals surface area (Å²) in [5.74, 6) is 0.634. The first kappa shape index (κ1) is 32.2. The highest BCUT2D eigenvalue weighted by Gasteiger charge is 2.25. The Kier molecular flexibility index (Phi) is 11.8. The van der Waals surface area contributed by atoms with E-state index in [0.717, 1.165) is 75.8 Å². The second kappa shape index (κ2) is 15.7. The zero-order valence-electron chi connectivity index (χ0n) is 26.5. The molecule has 1 aromatic carbocycles. The number of rotatable bonds is 15. The van der Waals surface area contributed by atoms with Crippen molar-refractivity contribution in [2.24, 2.45) is 0 Å². The lowest BCUT2D eigenvalue weighted by atomic mass is 10.1. The number of ether oxygens (including phenoxy) is 1. The van der Waals surface area contributed by atoms with Gasteiger partial charge in [-0.1, -0.05) is 43.5 Å². The maximum atomic E-state index is 12.8. The molecular formula is C33H49N7O3. The average Bonchev–Trinajstić information content (AvgIpc) is 3.74. The molecule has 0 atom stereocenters. The molecule has 1 amide bonds. The van der Waals surface area contributed by atoms with Crippen LogP contribution >= 0.6 is 0 Å². The number of anilines is 1. The molecule has 2 aromatic heterocycles. The summed E-state index contributed by atoms with van der Waals surface area (Å²) in [6.07, 6.45) is 15.0. The zero-order chi connectivity index (χ0) is 30.7. The van der Waals surface area contributed by atoms with E-state index in [1.165, 1.54) is 24.8 Å². The largest absolute Gasteiger partial charge is 0.443 e. The highest BCUT2D eigenvalue weighted by molar-refractivity contribution is 5.94. The summed E-state index contributed by atoms with van der Waals surface area (Å²) >= 11 is 0. The fourth-order valence-electron chi connectivity index (χ4n) is 5.26. The van der Waals surface area contributed by atoms with Crippen molar-refractivity contribution in [3.05, 3.63) is 59.2 Å². The van der Waals surface area contributed by atoms with Gasteiger partial charge in [0.1, 0.15) is 5.60 Å². The first-order valence-electron chi connectivity index (χ1n) is 16.0. The fourth-order valence-corrected chi connectivity index (χ4v) is 5.26. The van der Waals surface area contributed by atoms with Crippen molar-refractivity contribution in [2.45, 2.75) is 110 Å². The van der Waals surface area contributed by atoms with Crippen molar-refractivity contribution >= 4 is 17.9 Å². The predicted molar refractivity (Wildman–Crippen MR) is 169 cm³/mol. The molecule has 1 aliphatic heterocycles. The number of carbonyl (C=O) groups is 2. The summed E-state index contributed by atoms with van der Waals surface area (Å²) in [6.45, 7) is 10.7. The van der Waals surface area contributed by atoms with Crippen LogP contribution in [0.3, 0.4) is 0 Å². The summed E-state index contributed by atoms with van der Waals surface area (Å²) in [7, 11) is 0. The quantitative estimate of drug-likeness (QED) is 0.217. The molecule has 0 aliphatic carbocycles. The molecular weight excluding hydrogens is 542 g/mol. The number of hydrogen-bond acceptors (Lipinski definition) is 7. The third-order valence-electron chi connectivity index (χ3n) is 7.58. The van der Waals surface area contributed by atoms with Gasteiger partial charge in [0.2, 0.25) is 5.95 Å². The van der Waals surface area contributed by atoms with Gasteiger partial charge >= 0.3 is 6.09 Å². The van der Waals surface area contributed by atoms with Crippen molar-refractivity contribution in [2.75, 3.05) is 24.5 Å². The Bertz CT molecular complexity index is 1300. The van der Waals surface area contributed by atoms with Crippen molar-refractivity contribution in [1.82, 2.24) is 29.9 Å². The summed E-state index contributed by atoms with van der Waals surface area (Å²) < 4.78 is 9.00. The van der Waals surface area contributed by atoms with Gasteiger partial charge in [0.05, 0.1) is 17.9 Å². The molecule has 1 fully saturated rings. The molecule has 1 aliphatic rings. The van der Waals surface area contributed by atoms with Crippen LogP contribution in [-0.4, -0.2) is 61.8 Å². The van der Waals surface area contributed by atoms with Gasteiger partial charge in [-0.25, -0.2) is 14.3 Å². The normalized spacial score (nSPS) is 13.4. The minimum atomic E-state index is -0.556. The van der Waals surface area contributed by atoms with E-state index in [9.17, 15) is 9.59 Å². The molecule has 1 N–H and O–H groups in total. The molecule has 1 saturated heterocycles. The lowest BCUT2D eigenvalue weighted by Gasteiger charge is -2.22. The number of carbonyl (C=O) groups excluding carboxylic acids is 2. The third-order valence-corrected chi connectivity index (χ3v) is 7.58. The van der Waals surface area contributed by atoms with E-state index >= 15 is 0 Å². The highest BCUT2D eigenvalue weighted by Crippen LogP contribution is 2.23. The van der Waals surface area contributed by atoms with E-state index in [0.29, 0.717) is 24.6 Å². The van der Waals surface area contributed by atoms with Gasteiger partial charge in [0.25, 0.3) is 5.91 Å². The standard InChI is InChI=1S/C33H49N7O3/c1-5-6-8-13-26-16-18-27(19-17-26)30(41)34-20-23-39-24-29(36-37-39)15-10-7-9-14-28-25-40(32(42)43-33(2,3)4)31(35-28)38-21-11-12-22-38/h16-19,24-25H,5-15,20-23H2,1-4H3,(H,34,41). The van der Waals surface area contributed by atoms with Crippen molar-refractivity contribution in [3.63, 3.8) is 0 Å². The Morgan fingerprint density at radius 3 is 2.30 bits per heavy atom. The Morgan fingerprint density at radius 1 is 0.907 bits per heavy atom. The molecule has 43 heavy (non-hydrogen) atoms. The van der Waals surface area contributed by atoms with E-state index < -0.39 is 5.60 Å². The van der Waals surface area contributed by atoms with Crippen LogP contribution in [0.4, 0.5) is 10.7 Å². The molecule has 0 saturated carbocycles. The van der Waals surface area contributed by atoms with Gasteiger partial charge in [-0.3, -0.25) is 9.48 Å². The average molecular weight is 592 g/mol. The maximum absolute atomic E-state index is 12.8. The number of nitrogens with one attached hydrogen (secondary N) is 1. The van der Waals surface area contributed by atoms with E-state index in [1.807, 2.05) is 45.3 Å². The molecule has 3 heterocycles. The van der Waals surface area contributed by atoms with E-state index in [1.54, 1.807) is 9.25 Å². The molecule has 10 nitrogen and oxygen atoms in total. The molecule has 4 rings (SSSR count). The second-order valence-electron chi connectivity index (χ2n) is 12.5. The maximum Gasteiger partial charge on any atom is 0.421 e. The molecule has 234 valence electrons. The smallest absolute Gasteiger partial charge is 0.421 e. The monoisotopic (exact) mass is 591 g/mol. The Labute approximate surface area is 256 Å². The number of nitrogens with zero attached hydrogens (tertiary/aromatic N) is 6. The van der Waals surface area contributed by atoms with Crippen LogP contribution in [0, 0.1) is 0 Å². The number of aryl methyl sites for hydroxylation is 3. The van der Waals surface area contributed by atoms with Gasteiger partial charge < -0.3 is 15.0 Å². The fraction of sp³-hybridized carbons (Fsp3) is 0.606. The van der Waals surface area contributed by atoms with Crippen LogP contribution in [0.1, 0.15) is 106 Å².